The van der Waals surface area contributed by atoms with Crippen molar-refractivity contribution in [3.8, 4) is 22.6 Å². The predicted octanol–water partition coefficient (Wildman–Crippen LogP) is 5.37. The van der Waals surface area contributed by atoms with E-state index < -0.39 is 5.91 Å². The van der Waals surface area contributed by atoms with Gasteiger partial charge < -0.3 is 25.8 Å². The lowest BCUT2D eigenvalue weighted by Gasteiger charge is -2.28. The van der Waals surface area contributed by atoms with Gasteiger partial charge in [0.2, 0.25) is 0 Å². The van der Waals surface area contributed by atoms with Crippen LogP contribution in [0.15, 0.2) is 79.1 Å². The smallest absolute Gasteiger partial charge is 0.250 e. The van der Waals surface area contributed by atoms with Crippen LogP contribution in [0.5, 0.6) is 5.75 Å². The van der Waals surface area contributed by atoms with Crippen LogP contribution in [-0.4, -0.2) is 37.8 Å². The zero-order valence-corrected chi connectivity index (χ0v) is 20.3. The van der Waals surface area contributed by atoms with Gasteiger partial charge in [-0.1, -0.05) is 30.3 Å². The van der Waals surface area contributed by atoms with Crippen molar-refractivity contribution >= 4 is 33.4 Å². The quantitative estimate of drug-likeness (QED) is 0.264. The number of nitrogens with one attached hydrogen (secondary N) is 1. The maximum absolute atomic E-state index is 12.3. The molecule has 0 saturated heterocycles. The number of pyridine rings is 1. The lowest BCUT2D eigenvalue weighted by Crippen LogP contribution is -2.29. The number of carbonyl (C=O) groups is 1. The Balaban J connectivity index is 1.54. The molecule has 7 nitrogen and oxygen atoms in total. The van der Waals surface area contributed by atoms with Crippen LogP contribution in [0.25, 0.3) is 38.6 Å². The summed E-state index contributed by atoms with van der Waals surface area (Å²) in [7, 11) is 0. The molecule has 1 amide bonds. The first-order valence-electron chi connectivity index (χ1n) is 12.5. The van der Waals surface area contributed by atoms with Crippen LogP contribution >= 0.6 is 0 Å². The van der Waals surface area contributed by atoms with E-state index in [-0.39, 0.29) is 17.9 Å². The first kappa shape index (κ1) is 23.1. The Morgan fingerprint density at radius 3 is 2.51 bits per heavy atom. The molecule has 37 heavy (non-hydrogen) atoms. The van der Waals surface area contributed by atoms with Gasteiger partial charge in [-0.2, -0.15) is 0 Å². The molecule has 2 heterocycles. The number of fused-ring (bicyclic) bond motifs is 3. The largest absolute Gasteiger partial charge is 0.506 e. The Morgan fingerprint density at radius 2 is 1.73 bits per heavy atom. The molecular formula is C30H28N4O3. The topological polar surface area (TPSA) is 113 Å². The first-order chi connectivity index (χ1) is 18.0. The highest BCUT2D eigenvalue weighted by molar-refractivity contribution is 6.15. The van der Waals surface area contributed by atoms with Gasteiger partial charge in [-0.15, -0.1) is 0 Å². The highest BCUT2D eigenvalue weighted by Crippen LogP contribution is 2.39. The van der Waals surface area contributed by atoms with Crippen molar-refractivity contribution in [1.82, 2.24) is 9.55 Å². The number of aliphatic hydroxyl groups is 1. The SMILES string of the molecule is NC(=O)c1ccc(-n2c3ccccc3c3c(-c4cncc(O)c4)cccc32)cc1NC1CCC(O)CC1. The third-order valence-electron chi connectivity index (χ3n) is 7.32. The van der Waals surface area contributed by atoms with E-state index in [0.29, 0.717) is 11.3 Å². The van der Waals surface area contributed by atoms with Crippen LogP contribution in [0.4, 0.5) is 5.69 Å². The maximum atomic E-state index is 12.3. The van der Waals surface area contributed by atoms with Crippen LogP contribution in [0.2, 0.25) is 0 Å². The molecular weight excluding hydrogens is 464 g/mol. The number of hydrogen-bond acceptors (Lipinski definition) is 5. The Labute approximate surface area is 214 Å². The first-order valence-corrected chi connectivity index (χ1v) is 12.5. The highest BCUT2D eigenvalue weighted by atomic mass is 16.3. The van der Waals surface area contributed by atoms with Crippen molar-refractivity contribution in [2.75, 3.05) is 5.32 Å². The lowest BCUT2D eigenvalue weighted by molar-refractivity contribution is 0.100. The summed E-state index contributed by atoms with van der Waals surface area (Å²) in [4.78, 5) is 16.5. The average molecular weight is 493 g/mol. The summed E-state index contributed by atoms with van der Waals surface area (Å²) < 4.78 is 2.19. The Morgan fingerprint density at radius 1 is 0.946 bits per heavy atom. The van der Waals surface area contributed by atoms with Gasteiger partial charge in [0.05, 0.1) is 28.9 Å². The number of primary amides is 1. The van der Waals surface area contributed by atoms with Gasteiger partial charge in [0.25, 0.3) is 5.91 Å². The number of carbonyl (C=O) groups excluding carboxylic acids is 1. The molecule has 0 aliphatic heterocycles. The summed E-state index contributed by atoms with van der Waals surface area (Å²) in [6.45, 7) is 0. The molecule has 186 valence electrons. The zero-order chi connectivity index (χ0) is 25.5. The fourth-order valence-electron chi connectivity index (χ4n) is 5.56. The third kappa shape index (κ3) is 4.17. The molecule has 6 rings (SSSR count). The number of aromatic hydroxyl groups is 1. The van der Waals surface area contributed by atoms with Crippen LogP contribution < -0.4 is 11.1 Å². The number of nitrogens with zero attached hydrogens (tertiary/aromatic N) is 2. The molecule has 5 aromatic rings. The van der Waals surface area contributed by atoms with Crippen molar-refractivity contribution in [1.29, 1.82) is 0 Å². The van der Waals surface area contributed by atoms with Crippen molar-refractivity contribution in [3.63, 3.8) is 0 Å². The molecule has 3 aromatic carbocycles. The van der Waals surface area contributed by atoms with Gasteiger partial charge in [-0.3, -0.25) is 9.78 Å². The molecule has 5 N–H and O–H groups in total. The van der Waals surface area contributed by atoms with E-state index in [0.717, 1.165) is 64.3 Å². The van der Waals surface area contributed by atoms with E-state index in [4.69, 9.17) is 5.73 Å². The molecule has 0 spiro atoms. The summed E-state index contributed by atoms with van der Waals surface area (Å²) >= 11 is 0. The van der Waals surface area contributed by atoms with Gasteiger partial charge in [-0.05, 0) is 67.6 Å². The number of amides is 1. The van der Waals surface area contributed by atoms with Gasteiger partial charge >= 0.3 is 0 Å². The number of aliphatic hydroxyl groups excluding tert-OH is 1. The zero-order valence-electron chi connectivity index (χ0n) is 20.3. The van der Waals surface area contributed by atoms with Crippen LogP contribution in [0, 0.1) is 0 Å². The molecule has 1 aliphatic rings. The van der Waals surface area contributed by atoms with E-state index in [9.17, 15) is 15.0 Å². The Kier molecular flexibility index (Phi) is 5.77. The number of rotatable bonds is 5. The fourth-order valence-corrected chi connectivity index (χ4v) is 5.56. The summed E-state index contributed by atoms with van der Waals surface area (Å²) in [6, 6.07) is 21.9. The Bertz CT molecular complexity index is 1630. The van der Waals surface area contributed by atoms with E-state index in [2.05, 4.69) is 33.1 Å². The molecule has 2 aromatic heterocycles. The molecule has 0 radical (unpaired) electrons. The Hall–Kier alpha value is -4.36. The number of aromatic nitrogens is 2. The van der Waals surface area contributed by atoms with Crippen LogP contribution in [-0.2, 0) is 0 Å². The molecule has 0 bridgehead atoms. The van der Waals surface area contributed by atoms with Gasteiger partial charge in [-0.25, -0.2) is 0 Å². The molecule has 1 aliphatic carbocycles. The minimum Gasteiger partial charge on any atom is -0.506 e. The minimum absolute atomic E-state index is 0.117. The summed E-state index contributed by atoms with van der Waals surface area (Å²) in [5.41, 5.74) is 11.6. The average Bonchev–Trinajstić information content (AvgIpc) is 3.24. The second-order valence-corrected chi connectivity index (χ2v) is 9.73. The number of anilines is 1. The molecule has 1 saturated carbocycles. The standard InChI is InChI=1S/C30H28N4O3/c31-30(37)24-13-10-20(15-26(24)33-19-8-11-21(35)12-9-19)34-27-6-2-1-4-25(27)29-23(5-3-7-28(29)34)18-14-22(36)17-32-16-18/h1-7,10,13-17,19,21,33,35-36H,8-9,11-12H2,(H2,31,37). The van der Waals surface area contributed by atoms with Crippen LogP contribution in [0.1, 0.15) is 36.0 Å². The van der Waals surface area contributed by atoms with Crippen molar-refractivity contribution in [3.05, 3.63) is 84.7 Å². The van der Waals surface area contributed by atoms with Gasteiger partial charge in [0.1, 0.15) is 5.75 Å². The van der Waals surface area contributed by atoms with Crippen molar-refractivity contribution in [2.45, 2.75) is 37.8 Å². The summed E-state index contributed by atoms with van der Waals surface area (Å²) in [6.07, 6.45) is 6.07. The number of nitrogens with two attached hydrogens (primary N) is 1. The van der Waals surface area contributed by atoms with Gasteiger partial charge in [0.15, 0.2) is 0 Å². The van der Waals surface area contributed by atoms with E-state index >= 15 is 0 Å². The fraction of sp³-hybridized carbons (Fsp3) is 0.200. The summed E-state index contributed by atoms with van der Waals surface area (Å²) in [5, 5.41) is 25.6. The molecule has 0 atom stereocenters. The maximum Gasteiger partial charge on any atom is 0.250 e. The van der Waals surface area contributed by atoms with Crippen molar-refractivity contribution in [2.24, 2.45) is 5.73 Å². The van der Waals surface area contributed by atoms with Gasteiger partial charge in [0, 0.05) is 39.9 Å². The van der Waals surface area contributed by atoms with E-state index in [1.165, 1.54) is 6.20 Å². The third-order valence-corrected chi connectivity index (χ3v) is 7.32. The molecule has 7 heteroatoms. The monoisotopic (exact) mass is 492 g/mol. The lowest BCUT2D eigenvalue weighted by atomic mass is 9.92. The number of hydrogen-bond donors (Lipinski definition) is 4. The molecule has 0 unspecified atom stereocenters. The van der Waals surface area contributed by atoms with E-state index in [1.54, 1.807) is 18.3 Å². The number of benzene rings is 3. The second kappa shape index (κ2) is 9.26. The predicted molar refractivity (Wildman–Crippen MR) is 146 cm³/mol. The van der Waals surface area contributed by atoms with Crippen LogP contribution in [0.3, 0.4) is 0 Å². The number of para-hydroxylation sites is 1. The normalized spacial score (nSPS) is 17.8. The van der Waals surface area contributed by atoms with Crippen molar-refractivity contribution < 1.29 is 15.0 Å². The minimum atomic E-state index is -0.481. The molecule has 1 fully saturated rings. The summed E-state index contributed by atoms with van der Waals surface area (Å²) in [5.74, 6) is -0.364. The highest BCUT2D eigenvalue weighted by Gasteiger charge is 2.22. The second-order valence-electron chi connectivity index (χ2n) is 9.73. The van der Waals surface area contributed by atoms with E-state index in [1.807, 2.05) is 36.4 Å².